The van der Waals surface area contributed by atoms with Gasteiger partial charge in [0.2, 0.25) is 0 Å². The Labute approximate surface area is 205 Å². The van der Waals surface area contributed by atoms with Gasteiger partial charge in [0.1, 0.15) is 0 Å². The maximum atomic E-state index is 6.24. The molecule has 0 aliphatic rings. The smallest absolute Gasteiger partial charge is 0.164 e. The van der Waals surface area contributed by atoms with E-state index in [1.165, 1.54) is 0 Å². The normalized spacial score (nSPS) is 11.5. The van der Waals surface area contributed by atoms with E-state index in [4.69, 9.17) is 46.4 Å². The van der Waals surface area contributed by atoms with Crippen LogP contribution in [-0.4, -0.2) is 22.4 Å². The van der Waals surface area contributed by atoms with Crippen molar-refractivity contribution in [1.82, 2.24) is 9.97 Å². The van der Waals surface area contributed by atoms with Gasteiger partial charge in [0.05, 0.1) is 20.1 Å². The summed E-state index contributed by atoms with van der Waals surface area (Å²) in [7, 11) is 0. The van der Waals surface area contributed by atoms with Crippen molar-refractivity contribution >= 4 is 70.5 Å². The Bertz CT molecular complexity index is 1200. The number of rotatable bonds is 5. The largest absolute Gasteiger partial charge is 0.236 e. The number of aromatic nitrogens is 2. The molecule has 0 N–H and O–H groups in total. The second kappa shape index (κ2) is 10.2. The van der Waals surface area contributed by atoms with Gasteiger partial charge in [-0.3, -0.25) is 0 Å². The minimum Gasteiger partial charge on any atom is -0.236 e. The maximum Gasteiger partial charge on any atom is 0.164 e. The van der Waals surface area contributed by atoms with Gasteiger partial charge in [-0.15, -0.1) is 0 Å². The molecule has 1 heterocycles. The molecular formula is C24H14Cl4N4. The Morgan fingerprint density at radius 3 is 1.44 bits per heavy atom. The lowest BCUT2D eigenvalue weighted by molar-refractivity contribution is 1.15. The molecule has 0 spiro atoms. The zero-order valence-electron chi connectivity index (χ0n) is 16.4. The molecule has 0 saturated carbocycles. The average Bonchev–Trinajstić information content (AvgIpc) is 2.79. The van der Waals surface area contributed by atoms with Crippen LogP contribution < -0.4 is 0 Å². The van der Waals surface area contributed by atoms with E-state index in [2.05, 4.69) is 20.0 Å². The van der Waals surface area contributed by atoms with Crippen molar-refractivity contribution in [1.29, 1.82) is 0 Å². The Hall–Kier alpha value is -2.76. The van der Waals surface area contributed by atoms with E-state index < -0.39 is 0 Å². The molecule has 0 bridgehead atoms. The van der Waals surface area contributed by atoms with Gasteiger partial charge in [-0.1, -0.05) is 88.9 Å². The van der Waals surface area contributed by atoms with Crippen LogP contribution in [0.3, 0.4) is 0 Å². The average molecular weight is 500 g/mol. The molecule has 0 aliphatic heterocycles. The van der Waals surface area contributed by atoms with Crippen LogP contribution in [-0.2, 0) is 0 Å². The number of hydrogen-bond donors (Lipinski definition) is 0. The highest BCUT2D eigenvalue weighted by atomic mass is 35.5. The molecule has 3 aromatic carbocycles. The lowest BCUT2D eigenvalue weighted by atomic mass is 10.2. The van der Waals surface area contributed by atoms with Crippen molar-refractivity contribution < 1.29 is 0 Å². The minimum atomic E-state index is 0.396. The molecule has 0 amide bonds. The highest BCUT2D eigenvalue weighted by Crippen LogP contribution is 2.27. The molecule has 0 saturated heterocycles. The van der Waals surface area contributed by atoms with E-state index in [1.54, 1.807) is 54.9 Å². The molecule has 8 heteroatoms. The molecule has 4 nitrogen and oxygen atoms in total. The molecule has 4 aromatic rings. The van der Waals surface area contributed by atoms with Gasteiger partial charge in [0.15, 0.2) is 17.5 Å². The van der Waals surface area contributed by atoms with Crippen LogP contribution in [0.5, 0.6) is 0 Å². The third-order valence-corrected chi connectivity index (χ3v) is 5.70. The Morgan fingerprint density at radius 2 is 1.00 bits per heavy atom. The zero-order valence-corrected chi connectivity index (χ0v) is 19.4. The predicted octanol–water partition coefficient (Wildman–Crippen LogP) is 8.26. The first-order chi connectivity index (χ1) is 15.5. The summed E-state index contributed by atoms with van der Waals surface area (Å²) >= 11 is 25.0. The van der Waals surface area contributed by atoms with Crippen LogP contribution >= 0.6 is 46.4 Å². The van der Waals surface area contributed by atoms with Gasteiger partial charge in [0.25, 0.3) is 0 Å². The van der Waals surface area contributed by atoms with Crippen LogP contribution in [0.1, 0.15) is 11.1 Å². The Kier molecular flexibility index (Phi) is 7.18. The SMILES string of the molecule is Clc1cccc(Cl)c1C=Nc1cc(N=Cc2c(Cl)cccc2Cl)nc(-c2ccccc2)n1. The molecule has 0 aliphatic carbocycles. The van der Waals surface area contributed by atoms with E-state index in [0.29, 0.717) is 48.7 Å². The fourth-order valence-electron chi connectivity index (χ4n) is 2.80. The summed E-state index contributed by atoms with van der Waals surface area (Å²) in [6, 6.07) is 21.7. The number of aliphatic imine (C=N–C) groups is 2. The topological polar surface area (TPSA) is 50.5 Å². The van der Waals surface area contributed by atoms with E-state index in [1.807, 2.05) is 30.3 Å². The van der Waals surface area contributed by atoms with Gasteiger partial charge < -0.3 is 0 Å². The minimum absolute atomic E-state index is 0.396. The number of halogens is 4. The van der Waals surface area contributed by atoms with Crippen molar-refractivity contribution in [3.63, 3.8) is 0 Å². The van der Waals surface area contributed by atoms with E-state index >= 15 is 0 Å². The van der Waals surface area contributed by atoms with E-state index in [9.17, 15) is 0 Å². The van der Waals surface area contributed by atoms with E-state index in [-0.39, 0.29) is 0 Å². The first kappa shape index (κ1) is 22.4. The van der Waals surface area contributed by atoms with Crippen molar-refractivity contribution in [2.75, 3.05) is 0 Å². The first-order valence-corrected chi connectivity index (χ1v) is 10.9. The highest BCUT2D eigenvalue weighted by Gasteiger charge is 2.08. The summed E-state index contributed by atoms with van der Waals surface area (Å²) in [5.41, 5.74) is 2.03. The van der Waals surface area contributed by atoms with Crippen LogP contribution in [0, 0.1) is 0 Å². The molecule has 4 rings (SSSR count). The highest BCUT2D eigenvalue weighted by molar-refractivity contribution is 6.39. The van der Waals surface area contributed by atoms with Gasteiger partial charge in [-0.25, -0.2) is 20.0 Å². The molecule has 158 valence electrons. The molecule has 0 radical (unpaired) electrons. The molecule has 0 atom stereocenters. The monoisotopic (exact) mass is 498 g/mol. The number of hydrogen-bond acceptors (Lipinski definition) is 4. The van der Waals surface area contributed by atoms with Crippen LogP contribution in [0.25, 0.3) is 11.4 Å². The molecule has 0 fully saturated rings. The summed E-state index contributed by atoms with van der Waals surface area (Å²) in [5.74, 6) is 1.27. The van der Waals surface area contributed by atoms with Crippen molar-refractivity contribution in [3.05, 3.63) is 104 Å². The van der Waals surface area contributed by atoms with Crippen LogP contribution in [0.2, 0.25) is 20.1 Å². The van der Waals surface area contributed by atoms with Crippen molar-refractivity contribution in [2.45, 2.75) is 0 Å². The molecule has 0 unspecified atom stereocenters. The van der Waals surface area contributed by atoms with Crippen molar-refractivity contribution in [3.8, 4) is 11.4 Å². The van der Waals surface area contributed by atoms with Crippen LogP contribution in [0.4, 0.5) is 11.6 Å². The maximum absolute atomic E-state index is 6.24. The fourth-order valence-corrected chi connectivity index (χ4v) is 3.79. The zero-order chi connectivity index (χ0) is 22.5. The molecular weight excluding hydrogens is 486 g/mol. The predicted molar refractivity (Wildman–Crippen MR) is 135 cm³/mol. The number of nitrogens with zero attached hydrogens (tertiary/aromatic N) is 4. The summed E-state index contributed by atoms with van der Waals surface area (Å²) in [5, 5.41) is 1.96. The summed E-state index contributed by atoms with van der Waals surface area (Å²) < 4.78 is 0. The molecule has 1 aromatic heterocycles. The summed E-state index contributed by atoms with van der Waals surface area (Å²) in [4.78, 5) is 18.0. The summed E-state index contributed by atoms with van der Waals surface area (Å²) in [6.45, 7) is 0. The first-order valence-electron chi connectivity index (χ1n) is 9.42. The Balaban J connectivity index is 1.77. The lowest BCUT2D eigenvalue weighted by Crippen LogP contribution is -1.91. The van der Waals surface area contributed by atoms with Gasteiger partial charge in [-0.05, 0) is 24.3 Å². The van der Waals surface area contributed by atoms with E-state index in [0.717, 1.165) is 5.56 Å². The quantitative estimate of drug-likeness (QED) is 0.259. The fraction of sp³-hybridized carbons (Fsp3) is 0. The number of benzene rings is 3. The van der Waals surface area contributed by atoms with Gasteiger partial charge in [0, 0.05) is 35.2 Å². The third-order valence-electron chi connectivity index (χ3n) is 4.38. The standard InChI is InChI=1S/C24H14Cl4N4/c25-18-8-4-9-19(26)16(18)13-29-22-12-23(30-14-17-20(27)10-5-11-21(17)28)32-24(31-22)15-6-2-1-3-7-15/h1-14H. The van der Waals surface area contributed by atoms with Gasteiger partial charge >= 0.3 is 0 Å². The van der Waals surface area contributed by atoms with Gasteiger partial charge in [-0.2, -0.15) is 0 Å². The second-order valence-corrected chi connectivity index (χ2v) is 8.19. The summed E-state index contributed by atoms with van der Waals surface area (Å²) in [6.07, 6.45) is 3.14. The second-order valence-electron chi connectivity index (χ2n) is 6.56. The van der Waals surface area contributed by atoms with Crippen LogP contribution in [0.15, 0.2) is 82.8 Å². The molecule has 32 heavy (non-hydrogen) atoms. The Morgan fingerprint density at radius 1 is 0.562 bits per heavy atom. The third kappa shape index (κ3) is 5.34. The van der Waals surface area contributed by atoms with Crippen molar-refractivity contribution in [2.24, 2.45) is 9.98 Å². The lowest BCUT2D eigenvalue weighted by Gasteiger charge is -2.05.